The van der Waals surface area contributed by atoms with E-state index in [0.717, 1.165) is 0 Å². The Morgan fingerprint density at radius 1 is 1.15 bits per heavy atom. The lowest BCUT2D eigenvalue weighted by molar-refractivity contribution is 0.410. The summed E-state index contributed by atoms with van der Waals surface area (Å²) in [6.45, 7) is 0. The molecule has 0 fully saturated rings. The summed E-state index contributed by atoms with van der Waals surface area (Å²) in [6.07, 6.45) is 0.225. The van der Waals surface area contributed by atoms with Crippen LogP contribution in [0.5, 0.6) is 5.75 Å². The summed E-state index contributed by atoms with van der Waals surface area (Å²) in [5.74, 6) is -0.383. The van der Waals surface area contributed by atoms with Crippen LogP contribution in [0.2, 0.25) is 0 Å². The zero-order valence-corrected chi connectivity index (χ0v) is 12.5. The van der Waals surface area contributed by atoms with Gasteiger partial charge in [-0.3, -0.25) is 0 Å². The molecule has 0 aliphatic rings. The minimum Gasteiger partial charge on any atom is -0.497 e. The van der Waals surface area contributed by atoms with Gasteiger partial charge in [0.2, 0.25) is 0 Å². The first-order chi connectivity index (χ1) is 9.51. The fraction of sp³-hybridized carbons (Fsp3) is 0.200. The molecule has 0 bridgehead atoms. The Balaban J connectivity index is 2.21. The molecule has 0 spiro atoms. The van der Waals surface area contributed by atoms with E-state index in [1.54, 1.807) is 24.3 Å². The van der Waals surface area contributed by atoms with Crippen molar-refractivity contribution in [1.29, 1.82) is 0 Å². The van der Waals surface area contributed by atoms with Crippen LogP contribution in [-0.2, 0) is 6.42 Å². The lowest BCUT2D eigenvalue weighted by atomic mass is 9.99. The monoisotopic (exact) mass is 341 g/mol. The quantitative estimate of drug-likeness (QED) is 0.912. The van der Waals surface area contributed by atoms with Gasteiger partial charge in [0.05, 0.1) is 7.11 Å². The highest BCUT2D eigenvalue weighted by Gasteiger charge is 2.15. The van der Waals surface area contributed by atoms with Crippen LogP contribution in [0.25, 0.3) is 0 Å². The number of benzene rings is 2. The predicted molar refractivity (Wildman–Crippen MR) is 77.7 cm³/mol. The smallest absolute Gasteiger partial charge is 0.131 e. The minimum atomic E-state index is -0.614. The lowest BCUT2D eigenvalue weighted by Gasteiger charge is -2.14. The highest BCUT2D eigenvalue weighted by atomic mass is 79.9. The number of methoxy groups -OCH3 is 1. The zero-order valence-electron chi connectivity index (χ0n) is 10.9. The van der Waals surface area contributed by atoms with Crippen LogP contribution in [0.3, 0.4) is 0 Å². The van der Waals surface area contributed by atoms with Gasteiger partial charge >= 0.3 is 0 Å². The standard InChI is InChI=1S/C15H14BrF2NO/c1-20-11-4-5-12(14(18)8-11)15(19)6-9-2-3-10(16)7-13(9)17/h2-5,7-8,15H,6,19H2,1H3. The predicted octanol–water partition coefficient (Wildman–Crippen LogP) is 3.98. The Hall–Kier alpha value is -1.46. The van der Waals surface area contributed by atoms with Crippen LogP contribution >= 0.6 is 15.9 Å². The molecular formula is C15H14BrF2NO. The molecule has 2 N–H and O–H groups in total. The molecule has 1 atom stereocenters. The molecule has 5 heteroatoms. The molecule has 0 aromatic heterocycles. The second-order valence-electron chi connectivity index (χ2n) is 4.43. The van der Waals surface area contributed by atoms with Gasteiger partial charge in [0.15, 0.2) is 0 Å². The second-order valence-corrected chi connectivity index (χ2v) is 5.35. The molecule has 2 rings (SSSR count). The third-order valence-corrected chi connectivity index (χ3v) is 3.56. The third-order valence-electron chi connectivity index (χ3n) is 3.06. The molecule has 0 saturated carbocycles. The summed E-state index contributed by atoms with van der Waals surface area (Å²) in [7, 11) is 1.46. The second kappa shape index (κ2) is 6.33. The average Bonchev–Trinajstić information content (AvgIpc) is 2.41. The van der Waals surface area contributed by atoms with Crippen LogP contribution in [0.4, 0.5) is 8.78 Å². The Kier molecular flexibility index (Phi) is 4.73. The highest BCUT2D eigenvalue weighted by Crippen LogP contribution is 2.25. The molecule has 0 heterocycles. The molecule has 20 heavy (non-hydrogen) atoms. The van der Waals surface area contributed by atoms with Crippen molar-refractivity contribution in [3.63, 3.8) is 0 Å². The van der Waals surface area contributed by atoms with Crippen LogP contribution in [0.15, 0.2) is 40.9 Å². The number of nitrogens with two attached hydrogens (primary N) is 1. The third kappa shape index (κ3) is 3.35. The first-order valence-electron chi connectivity index (χ1n) is 6.04. The van der Waals surface area contributed by atoms with E-state index in [0.29, 0.717) is 21.3 Å². The molecule has 0 aliphatic heterocycles. The van der Waals surface area contributed by atoms with Gasteiger partial charge in [-0.1, -0.05) is 28.1 Å². The maximum absolute atomic E-state index is 13.9. The summed E-state index contributed by atoms with van der Waals surface area (Å²) < 4.78 is 33.2. The number of rotatable bonds is 4. The summed E-state index contributed by atoms with van der Waals surface area (Å²) in [5, 5.41) is 0. The summed E-state index contributed by atoms with van der Waals surface area (Å²) in [5.41, 5.74) is 6.76. The van der Waals surface area contributed by atoms with Crippen molar-refractivity contribution in [2.45, 2.75) is 12.5 Å². The fourth-order valence-corrected chi connectivity index (χ4v) is 2.30. The van der Waals surface area contributed by atoms with E-state index in [1.165, 1.54) is 19.2 Å². The highest BCUT2D eigenvalue weighted by molar-refractivity contribution is 9.10. The number of hydrogen-bond donors (Lipinski definition) is 1. The van der Waals surface area contributed by atoms with E-state index in [1.807, 2.05) is 0 Å². The molecule has 106 valence electrons. The van der Waals surface area contributed by atoms with Crippen LogP contribution in [-0.4, -0.2) is 7.11 Å². The van der Waals surface area contributed by atoms with E-state index in [4.69, 9.17) is 10.5 Å². The fourth-order valence-electron chi connectivity index (χ4n) is 1.97. The maximum Gasteiger partial charge on any atom is 0.131 e. The molecule has 0 amide bonds. The zero-order chi connectivity index (χ0) is 14.7. The van der Waals surface area contributed by atoms with Crippen molar-refractivity contribution >= 4 is 15.9 Å². The SMILES string of the molecule is COc1ccc(C(N)Cc2ccc(Br)cc2F)c(F)c1. The molecule has 2 aromatic rings. The average molecular weight is 342 g/mol. The van der Waals surface area contributed by atoms with Gasteiger partial charge in [-0.25, -0.2) is 8.78 Å². The maximum atomic E-state index is 13.9. The van der Waals surface area contributed by atoms with Crippen molar-refractivity contribution in [2.24, 2.45) is 5.73 Å². The molecule has 0 saturated heterocycles. The van der Waals surface area contributed by atoms with E-state index < -0.39 is 11.9 Å². The molecule has 2 nitrogen and oxygen atoms in total. The molecule has 1 unspecified atom stereocenters. The topological polar surface area (TPSA) is 35.2 Å². The Morgan fingerprint density at radius 2 is 1.90 bits per heavy atom. The van der Waals surface area contributed by atoms with E-state index in [9.17, 15) is 8.78 Å². The first kappa shape index (κ1) is 14.9. The van der Waals surface area contributed by atoms with Gasteiger partial charge in [0.1, 0.15) is 17.4 Å². The summed E-state index contributed by atoms with van der Waals surface area (Å²) in [6, 6.07) is 8.60. The largest absolute Gasteiger partial charge is 0.497 e. The molecule has 0 aliphatic carbocycles. The summed E-state index contributed by atoms with van der Waals surface area (Å²) in [4.78, 5) is 0. The summed E-state index contributed by atoms with van der Waals surface area (Å²) >= 11 is 3.19. The van der Waals surface area contributed by atoms with Gasteiger partial charge < -0.3 is 10.5 Å². The number of hydrogen-bond acceptors (Lipinski definition) is 2. The van der Waals surface area contributed by atoms with Gasteiger partial charge in [-0.05, 0) is 30.2 Å². The van der Waals surface area contributed by atoms with Crippen LogP contribution < -0.4 is 10.5 Å². The normalized spacial score (nSPS) is 12.2. The molecular weight excluding hydrogens is 328 g/mol. The van der Waals surface area contributed by atoms with E-state index >= 15 is 0 Å². The van der Waals surface area contributed by atoms with Crippen molar-refractivity contribution in [1.82, 2.24) is 0 Å². The van der Waals surface area contributed by atoms with Gasteiger partial charge in [-0.2, -0.15) is 0 Å². The van der Waals surface area contributed by atoms with Gasteiger partial charge in [0.25, 0.3) is 0 Å². The number of ether oxygens (including phenoxy) is 1. The van der Waals surface area contributed by atoms with Crippen LogP contribution in [0.1, 0.15) is 17.2 Å². The van der Waals surface area contributed by atoms with Crippen LogP contribution in [0, 0.1) is 11.6 Å². The van der Waals surface area contributed by atoms with Crippen molar-refractivity contribution in [3.8, 4) is 5.75 Å². The Bertz CT molecular complexity index is 619. The van der Waals surface area contributed by atoms with Crippen molar-refractivity contribution < 1.29 is 13.5 Å². The Labute approximate surface area is 124 Å². The Morgan fingerprint density at radius 3 is 2.50 bits per heavy atom. The lowest BCUT2D eigenvalue weighted by Crippen LogP contribution is -2.15. The van der Waals surface area contributed by atoms with Crippen molar-refractivity contribution in [2.75, 3.05) is 7.11 Å². The molecule has 0 radical (unpaired) electrons. The van der Waals surface area contributed by atoms with Crippen molar-refractivity contribution in [3.05, 3.63) is 63.6 Å². The van der Waals surface area contributed by atoms with E-state index in [-0.39, 0.29) is 12.2 Å². The molecule has 2 aromatic carbocycles. The van der Waals surface area contributed by atoms with E-state index in [2.05, 4.69) is 15.9 Å². The van der Waals surface area contributed by atoms with Gasteiger partial charge in [0, 0.05) is 22.1 Å². The van der Waals surface area contributed by atoms with Gasteiger partial charge in [-0.15, -0.1) is 0 Å². The first-order valence-corrected chi connectivity index (χ1v) is 6.83. The minimum absolute atomic E-state index is 0.225. The number of halogens is 3.